The van der Waals surface area contributed by atoms with Crippen molar-refractivity contribution in [1.29, 1.82) is 0 Å². The number of methoxy groups -OCH3 is 1. The lowest BCUT2D eigenvalue weighted by atomic mass is 9.90. The Kier molecular flexibility index (Phi) is 3.74. The first kappa shape index (κ1) is 12.9. The number of nitrogens with zero attached hydrogens (tertiary/aromatic N) is 1. The molecule has 1 saturated carbocycles. The average Bonchev–Trinajstić information content (AvgIpc) is 3.04. The summed E-state index contributed by atoms with van der Waals surface area (Å²) in [7, 11) is 1.72. The largest absolute Gasteiger partial charge is 0.383 e. The molecule has 3 rings (SSSR count). The second-order valence-corrected chi connectivity index (χ2v) is 5.85. The molecular formula is C16H23NO2. The van der Waals surface area contributed by atoms with E-state index in [-0.39, 0.29) is 5.91 Å². The van der Waals surface area contributed by atoms with Crippen LogP contribution in [0.4, 0.5) is 0 Å². The topological polar surface area (TPSA) is 29.5 Å². The highest BCUT2D eigenvalue weighted by Crippen LogP contribution is 2.38. The zero-order chi connectivity index (χ0) is 13.2. The van der Waals surface area contributed by atoms with Gasteiger partial charge in [0.1, 0.15) is 0 Å². The van der Waals surface area contributed by atoms with Crippen LogP contribution in [0.3, 0.4) is 0 Å². The number of hydrogen-bond acceptors (Lipinski definition) is 2. The zero-order valence-electron chi connectivity index (χ0n) is 11.8. The van der Waals surface area contributed by atoms with E-state index in [0.29, 0.717) is 12.6 Å². The summed E-state index contributed by atoms with van der Waals surface area (Å²) in [5.41, 5.74) is 3.91. The van der Waals surface area contributed by atoms with E-state index >= 15 is 0 Å². The van der Waals surface area contributed by atoms with E-state index in [0.717, 1.165) is 37.8 Å². The number of rotatable bonds is 3. The summed E-state index contributed by atoms with van der Waals surface area (Å²) in [6.07, 6.45) is 10.1. The van der Waals surface area contributed by atoms with Gasteiger partial charge in [-0.2, -0.15) is 0 Å². The first-order chi connectivity index (χ1) is 9.31. The number of hydrogen-bond donors (Lipinski definition) is 0. The molecule has 19 heavy (non-hydrogen) atoms. The number of fused-ring (bicyclic) bond motifs is 1. The van der Waals surface area contributed by atoms with Gasteiger partial charge in [0.25, 0.3) is 5.91 Å². The summed E-state index contributed by atoms with van der Waals surface area (Å²) in [5, 5.41) is 0. The number of carbonyl (C=O) groups is 1. The summed E-state index contributed by atoms with van der Waals surface area (Å²) in [6.45, 7) is 1.58. The quantitative estimate of drug-likeness (QED) is 0.782. The summed E-state index contributed by atoms with van der Waals surface area (Å²) in [6, 6.07) is 0.290. The lowest BCUT2D eigenvalue weighted by Crippen LogP contribution is -2.39. The van der Waals surface area contributed by atoms with Crippen molar-refractivity contribution in [3.8, 4) is 0 Å². The fourth-order valence-corrected chi connectivity index (χ4v) is 3.71. The van der Waals surface area contributed by atoms with Crippen LogP contribution in [-0.4, -0.2) is 37.1 Å². The molecule has 2 fully saturated rings. The summed E-state index contributed by atoms with van der Waals surface area (Å²) >= 11 is 0. The van der Waals surface area contributed by atoms with Crippen LogP contribution in [0.25, 0.3) is 0 Å². The first-order valence-electron chi connectivity index (χ1n) is 7.52. The molecule has 2 aliphatic carbocycles. The van der Waals surface area contributed by atoms with E-state index < -0.39 is 0 Å². The Hall–Kier alpha value is -1.09. The Morgan fingerprint density at radius 1 is 1.37 bits per heavy atom. The van der Waals surface area contributed by atoms with Crippen molar-refractivity contribution in [3.05, 3.63) is 22.8 Å². The molecule has 0 unspecified atom stereocenters. The van der Waals surface area contributed by atoms with E-state index in [9.17, 15) is 4.79 Å². The van der Waals surface area contributed by atoms with Gasteiger partial charge in [-0.25, -0.2) is 0 Å². The molecular weight excluding hydrogens is 238 g/mol. The van der Waals surface area contributed by atoms with Gasteiger partial charge < -0.3 is 9.64 Å². The summed E-state index contributed by atoms with van der Waals surface area (Å²) in [5.74, 6) is 0.280. The van der Waals surface area contributed by atoms with Crippen LogP contribution in [0.2, 0.25) is 0 Å². The predicted molar refractivity (Wildman–Crippen MR) is 74.8 cm³/mol. The van der Waals surface area contributed by atoms with Gasteiger partial charge in [0.05, 0.1) is 12.6 Å². The van der Waals surface area contributed by atoms with E-state index in [4.69, 9.17) is 4.74 Å². The highest BCUT2D eigenvalue weighted by atomic mass is 16.5. The van der Waals surface area contributed by atoms with Crippen LogP contribution in [0.1, 0.15) is 44.9 Å². The molecule has 0 bridgehead atoms. The molecule has 0 N–H and O–H groups in total. The standard InChI is InChI=1S/C16H23NO2/c1-19-11-13-6-4-10-17(13)16(18)15-9-8-12-5-2-3-7-14(12)15/h8,13H,2-7,9-11H2,1H3/t13-/m0/s1. The molecule has 0 radical (unpaired) electrons. The van der Waals surface area contributed by atoms with Gasteiger partial charge in [-0.15, -0.1) is 0 Å². The molecule has 0 aromatic heterocycles. The lowest BCUT2D eigenvalue weighted by molar-refractivity contribution is -0.128. The first-order valence-corrected chi connectivity index (χ1v) is 7.52. The molecule has 1 saturated heterocycles. The molecule has 1 aliphatic heterocycles. The van der Waals surface area contributed by atoms with E-state index in [1.807, 2.05) is 0 Å². The Morgan fingerprint density at radius 2 is 2.21 bits per heavy atom. The molecule has 1 heterocycles. The van der Waals surface area contributed by atoms with Gasteiger partial charge in [-0.05, 0) is 56.1 Å². The Balaban J connectivity index is 1.77. The molecule has 3 aliphatic rings. The molecule has 1 atom stereocenters. The van der Waals surface area contributed by atoms with Crippen LogP contribution in [0.5, 0.6) is 0 Å². The Bertz CT molecular complexity index is 436. The second kappa shape index (κ2) is 5.49. The molecule has 1 amide bonds. The van der Waals surface area contributed by atoms with Gasteiger partial charge in [-0.1, -0.05) is 6.08 Å². The number of likely N-dealkylation sites (tertiary alicyclic amines) is 1. The fraction of sp³-hybridized carbons (Fsp3) is 0.688. The number of ether oxygens (including phenoxy) is 1. The van der Waals surface area contributed by atoms with Crippen molar-refractivity contribution >= 4 is 5.91 Å². The van der Waals surface area contributed by atoms with Crippen LogP contribution in [-0.2, 0) is 9.53 Å². The van der Waals surface area contributed by atoms with Gasteiger partial charge in [0.2, 0.25) is 0 Å². The summed E-state index contributed by atoms with van der Waals surface area (Å²) in [4.78, 5) is 14.8. The number of allylic oxidation sites excluding steroid dienone is 3. The van der Waals surface area contributed by atoms with Crippen molar-refractivity contribution in [3.63, 3.8) is 0 Å². The molecule has 3 heteroatoms. The van der Waals surface area contributed by atoms with Crippen molar-refractivity contribution in [2.75, 3.05) is 20.3 Å². The normalized spacial score (nSPS) is 26.7. The maximum absolute atomic E-state index is 12.8. The maximum Gasteiger partial charge on any atom is 0.250 e. The Morgan fingerprint density at radius 3 is 3.05 bits per heavy atom. The van der Waals surface area contributed by atoms with E-state index in [1.165, 1.54) is 30.4 Å². The maximum atomic E-state index is 12.8. The number of amides is 1. The molecule has 0 aromatic rings. The van der Waals surface area contributed by atoms with Crippen LogP contribution in [0, 0.1) is 0 Å². The average molecular weight is 261 g/mol. The molecule has 104 valence electrons. The smallest absolute Gasteiger partial charge is 0.250 e. The predicted octanol–water partition coefficient (Wildman–Crippen LogP) is 2.82. The highest BCUT2D eigenvalue weighted by Gasteiger charge is 2.33. The summed E-state index contributed by atoms with van der Waals surface area (Å²) < 4.78 is 5.25. The van der Waals surface area contributed by atoms with Gasteiger partial charge >= 0.3 is 0 Å². The lowest BCUT2D eigenvalue weighted by Gasteiger charge is -2.26. The Labute approximate surface area is 115 Å². The second-order valence-electron chi connectivity index (χ2n) is 5.85. The van der Waals surface area contributed by atoms with Crippen molar-refractivity contribution in [2.45, 2.75) is 51.0 Å². The monoisotopic (exact) mass is 261 g/mol. The van der Waals surface area contributed by atoms with Gasteiger partial charge in [-0.3, -0.25) is 4.79 Å². The number of carbonyl (C=O) groups excluding carboxylic acids is 1. The van der Waals surface area contributed by atoms with Gasteiger partial charge in [0.15, 0.2) is 0 Å². The zero-order valence-corrected chi connectivity index (χ0v) is 11.8. The minimum Gasteiger partial charge on any atom is -0.383 e. The minimum absolute atomic E-state index is 0.280. The fourth-order valence-electron chi connectivity index (χ4n) is 3.71. The molecule has 0 aromatic carbocycles. The SMILES string of the molecule is COC[C@@H]1CCCN1C(=O)C1=C2CCCCC2=CC1. The minimum atomic E-state index is 0.280. The van der Waals surface area contributed by atoms with Crippen LogP contribution >= 0.6 is 0 Å². The van der Waals surface area contributed by atoms with Gasteiger partial charge in [0, 0.05) is 19.2 Å². The molecule has 3 nitrogen and oxygen atoms in total. The third kappa shape index (κ3) is 2.36. The molecule has 0 spiro atoms. The van der Waals surface area contributed by atoms with Crippen molar-refractivity contribution in [2.24, 2.45) is 0 Å². The third-order valence-electron chi connectivity index (χ3n) is 4.68. The third-order valence-corrected chi connectivity index (χ3v) is 4.68. The van der Waals surface area contributed by atoms with Crippen LogP contribution < -0.4 is 0 Å². The van der Waals surface area contributed by atoms with Crippen molar-refractivity contribution < 1.29 is 9.53 Å². The van der Waals surface area contributed by atoms with Crippen LogP contribution in [0.15, 0.2) is 22.8 Å². The van der Waals surface area contributed by atoms with E-state index in [2.05, 4.69) is 11.0 Å². The van der Waals surface area contributed by atoms with Crippen molar-refractivity contribution in [1.82, 2.24) is 4.90 Å². The van der Waals surface area contributed by atoms with E-state index in [1.54, 1.807) is 7.11 Å². The highest BCUT2D eigenvalue weighted by molar-refractivity contribution is 5.96.